The second-order valence-corrected chi connectivity index (χ2v) is 8.79. The summed E-state index contributed by atoms with van der Waals surface area (Å²) in [5.41, 5.74) is 8.13. The molecule has 2 N–H and O–H groups in total. The number of nitrogens with zero attached hydrogens (tertiary/aromatic N) is 2. The Balaban J connectivity index is 1.73. The van der Waals surface area contributed by atoms with Crippen LogP contribution in [0.4, 0.5) is 4.39 Å². The van der Waals surface area contributed by atoms with Crippen molar-refractivity contribution in [2.75, 3.05) is 40.6 Å². The molecular formula is C29H30FN3O5. The lowest BCUT2D eigenvalue weighted by Crippen LogP contribution is -2.39. The number of hydrogen-bond acceptors (Lipinski definition) is 7. The number of amides is 1. The summed E-state index contributed by atoms with van der Waals surface area (Å²) in [6.07, 6.45) is 1.49. The summed E-state index contributed by atoms with van der Waals surface area (Å²) in [5, 5.41) is 0.767. The van der Waals surface area contributed by atoms with Crippen molar-refractivity contribution in [3.05, 3.63) is 83.9 Å². The molecule has 4 aromatic rings. The highest BCUT2D eigenvalue weighted by Crippen LogP contribution is 2.37. The zero-order valence-corrected chi connectivity index (χ0v) is 21.6. The lowest BCUT2D eigenvalue weighted by atomic mass is 9.75. The predicted octanol–water partition coefficient (Wildman–Crippen LogP) is 4.28. The van der Waals surface area contributed by atoms with Crippen LogP contribution in [0.25, 0.3) is 22.2 Å². The Kier molecular flexibility index (Phi) is 8.50. The molecule has 1 heterocycles. The van der Waals surface area contributed by atoms with Crippen LogP contribution < -0.4 is 15.2 Å². The van der Waals surface area contributed by atoms with Crippen molar-refractivity contribution < 1.29 is 28.1 Å². The van der Waals surface area contributed by atoms with Crippen LogP contribution in [0.2, 0.25) is 0 Å². The highest BCUT2D eigenvalue weighted by molar-refractivity contribution is 5.95. The second-order valence-electron chi connectivity index (χ2n) is 8.79. The Morgan fingerprint density at radius 1 is 0.842 bits per heavy atom. The molecule has 3 aromatic carbocycles. The quantitative estimate of drug-likeness (QED) is 0.279. The first kappa shape index (κ1) is 27.0. The van der Waals surface area contributed by atoms with Crippen molar-refractivity contribution in [1.29, 1.82) is 0 Å². The molecule has 0 spiro atoms. The van der Waals surface area contributed by atoms with Crippen molar-refractivity contribution in [1.82, 2.24) is 9.97 Å². The minimum atomic E-state index is -1.14. The van der Waals surface area contributed by atoms with Crippen molar-refractivity contribution in [3.8, 4) is 22.8 Å². The zero-order chi connectivity index (χ0) is 27.1. The van der Waals surface area contributed by atoms with Crippen LogP contribution in [-0.4, -0.2) is 56.5 Å². The maximum Gasteiger partial charge on any atom is 0.232 e. The molecule has 1 atom stereocenters. The molecule has 8 nitrogen and oxygen atoms in total. The van der Waals surface area contributed by atoms with Gasteiger partial charge in [-0.3, -0.25) is 4.79 Å². The molecule has 0 bridgehead atoms. The fraction of sp³-hybridized carbons (Fsp3) is 0.276. The number of halogens is 1. The number of hydrogen-bond donors (Lipinski definition) is 1. The van der Waals surface area contributed by atoms with Gasteiger partial charge in [-0.2, -0.15) is 0 Å². The molecule has 0 aliphatic carbocycles. The van der Waals surface area contributed by atoms with Crippen molar-refractivity contribution in [2.24, 2.45) is 5.73 Å². The predicted molar refractivity (Wildman–Crippen MR) is 142 cm³/mol. The molecular weight excluding hydrogens is 489 g/mol. The first-order chi connectivity index (χ1) is 18.4. The van der Waals surface area contributed by atoms with Gasteiger partial charge in [0, 0.05) is 31.2 Å². The number of methoxy groups -OCH3 is 2. The monoisotopic (exact) mass is 519 g/mol. The first-order valence-electron chi connectivity index (χ1n) is 12.1. The lowest BCUT2D eigenvalue weighted by molar-refractivity contribution is -0.121. The van der Waals surface area contributed by atoms with E-state index in [1.54, 1.807) is 33.3 Å². The van der Waals surface area contributed by atoms with Gasteiger partial charge in [-0.1, -0.05) is 36.4 Å². The Morgan fingerprint density at radius 3 is 1.95 bits per heavy atom. The number of carbonyl (C=O) groups is 1. The van der Waals surface area contributed by atoms with E-state index in [-0.39, 0.29) is 5.82 Å². The summed E-state index contributed by atoms with van der Waals surface area (Å²) < 4.78 is 35.5. The fourth-order valence-corrected chi connectivity index (χ4v) is 4.19. The molecule has 9 heteroatoms. The van der Waals surface area contributed by atoms with Gasteiger partial charge < -0.3 is 24.7 Å². The number of rotatable bonds is 12. The van der Waals surface area contributed by atoms with Gasteiger partial charge in [-0.25, -0.2) is 14.4 Å². The van der Waals surface area contributed by atoms with E-state index in [1.165, 1.54) is 18.5 Å². The molecule has 0 aliphatic rings. The topological polar surface area (TPSA) is 106 Å². The van der Waals surface area contributed by atoms with Gasteiger partial charge in [0.05, 0.1) is 29.8 Å². The fourth-order valence-electron chi connectivity index (χ4n) is 4.19. The van der Waals surface area contributed by atoms with E-state index in [2.05, 4.69) is 9.97 Å². The van der Waals surface area contributed by atoms with Crippen molar-refractivity contribution in [2.45, 2.75) is 12.3 Å². The minimum absolute atomic E-state index is 0.343. The maximum absolute atomic E-state index is 13.5. The molecule has 38 heavy (non-hydrogen) atoms. The lowest BCUT2D eigenvalue weighted by Gasteiger charge is -2.27. The Hall–Kier alpha value is -4.08. The van der Waals surface area contributed by atoms with Crippen molar-refractivity contribution in [3.63, 3.8) is 0 Å². The first-order valence-corrected chi connectivity index (χ1v) is 12.1. The largest absolute Gasteiger partial charge is 0.487 e. The summed E-state index contributed by atoms with van der Waals surface area (Å²) in [6, 6.07) is 16.8. The minimum Gasteiger partial charge on any atom is -0.487 e. The Labute approximate surface area is 220 Å². The summed E-state index contributed by atoms with van der Waals surface area (Å²) >= 11 is 0. The molecule has 1 unspecified atom stereocenters. The molecule has 0 fully saturated rings. The molecule has 4 rings (SSSR count). The van der Waals surface area contributed by atoms with Crippen molar-refractivity contribution >= 4 is 16.8 Å². The summed E-state index contributed by atoms with van der Waals surface area (Å²) in [5.74, 6) is 0.158. The third-order valence-corrected chi connectivity index (χ3v) is 6.44. The van der Waals surface area contributed by atoms with E-state index >= 15 is 0 Å². The van der Waals surface area contributed by atoms with Crippen LogP contribution in [-0.2, 0) is 19.7 Å². The smallest absolute Gasteiger partial charge is 0.232 e. The molecule has 1 aromatic heterocycles. The van der Waals surface area contributed by atoms with Gasteiger partial charge in [0.15, 0.2) is 11.5 Å². The number of primary amides is 1. The van der Waals surface area contributed by atoms with E-state index < -0.39 is 11.3 Å². The van der Waals surface area contributed by atoms with E-state index in [9.17, 15) is 9.18 Å². The maximum atomic E-state index is 13.5. The van der Waals surface area contributed by atoms with Crippen LogP contribution in [0, 0.1) is 5.82 Å². The summed E-state index contributed by atoms with van der Waals surface area (Å²) in [7, 11) is 3.21. The highest BCUT2D eigenvalue weighted by Gasteiger charge is 2.35. The van der Waals surface area contributed by atoms with Gasteiger partial charge >= 0.3 is 0 Å². The van der Waals surface area contributed by atoms with Crippen LogP contribution in [0.5, 0.6) is 11.5 Å². The molecule has 0 radical (unpaired) electrons. The molecule has 0 aliphatic heterocycles. The average molecular weight is 520 g/mol. The van der Waals surface area contributed by atoms with Gasteiger partial charge in [0.2, 0.25) is 5.91 Å². The Morgan fingerprint density at radius 2 is 1.39 bits per heavy atom. The van der Waals surface area contributed by atoms with E-state index in [1.807, 2.05) is 36.4 Å². The standard InChI is InChI=1S/C29H30FN3O5/c1-29(28(31)34,21-8-10-22(30)11-9-21)20-6-4-19(5-7-20)27-23-16-25(37-14-12-35-2)26(38-15-13-36-3)17-24(23)32-18-33-27/h4-11,16-18H,12-15H2,1-3H3,(H2,31,34). The summed E-state index contributed by atoms with van der Waals surface area (Å²) in [4.78, 5) is 21.5. The third-order valence-electron chi connectivity index (χ3n) is 6.44. The van der Waals surface area contributed by atoms with E-state index in [0.717, 1.165) is 10.9 Å². The van der Waals surface area contributed by atoms with Crippen LogP contribution in [0.15, 0.2) is 67.0 Å². The van der Waals surface area contributed by atoms with Crippen LogP contribution >= 0.6 is 0 Å². The number of fused-ring (bicyclic) bond motifs is 1. The normalized spacial score (nSPS) is 12.7. The number of benzene rings is 3. The molecule has 0 saturated heterocycles. The SMILES string of the molecule is COCCOc1cc2ncnc(-c3ccc(C(C)(C(N)=O)c4ccc(F)cc4)cc3)c2cc1OCCOC. The highest BCUT2D eigenvalue weighted by atomic mass is 19.1. The van der Waals surface area contributed by atoms with Gasteiger partial charge in [0.1, 0.15) is 25.4 Å². The molecule has 1 amide bonds. The number of nitrogens with two attached hydrogens (primary N) is 1. The molecule has 198 valence electrons. The van der Waals surface area contributed by atoms with Crippen LogP contribution in [0.1, 0.15) is 18.1 Å². The number of aromatic nitrogens is 2. The van der Waals surface area contributed by atoms with Gasteiger partial charge in [-0.05, 0) is 36.2 Å². The third kappa shape index (κ3) is 5.58. The van der Waals surface area contributed by atoms with E-state index in [4.69, 9.17) is 24.7 Å². The average Bonchev–Trinajstić information content (AvgIpc) is 2.93. The molecule has 0 saturated carbocycles. The van der Waals surface area contributed by atoms with Gasteiger partial charge in [0.25, 0.3) is 0 Å². The van der Waals surface area contributed by atoms with Gasteiger partial charge in [-0.15, -0.1) is 0 Å². The van der Waals surface area contributed by atoms with E-state index in [0.29, 0.717) is 60.3 Å². The summed E-state index contributed by atoms with van der Waals surface area (Å²) in [6.45, 7) is 3.28. The second kappa shape index (κ2) is 12.0. The number of ether oxygens (including phenoxy) is 4. The Bertz CT molecular complexity index is 1400. The zero-order valence-electron chi connectivity index (χ0n) is 21.6. The number of carbonyl (C=O) groups excluding carboxylic acids is 1. The van der Waals surface area contributed by atoms with Crippen LogP contribution in [0.3, 0.4) is 0 Å².